The van der Waals surface area contributed by atoms with E-state index in [0.717, 1.165) is 33.3 Å². The van der Waals surface area contributed by atoms with Gasteiger partial charge in [-0.05, 0) is 54.4 Å². The van der Waals surface area contributed by atoms with Crippen molar-refractivity contribution < 1.29 is 17.9 Å². The Labute approximate surface area is 206 Å². The number of nitrogens with one attached hydrogen (secondary N) is 1. The van der Waals surface area contributed by atoms with Gasteiger partial charge in [-0.3, -0.25) is 9.78 Å². The first kappa shape index (κ1) is 24.7. The largest absolute Gasteiger partial charge is 0.493 e. The number of pyridine rings is 1. The van der Waals surface area contributed by atoms with Gasteiger partial charge in [-0.1, -0.05) is 18.2 Å². The number of hydrogen-bond acceptors (Lipinski definition) is 6. The highest BCUT2D eigenvalue weighted by Gasteiger charge is 2.24. The van der Waals surface area contributed by atoms with Crippen LogP contribution in [-0.2, 0) is 23.0 Å². The van der Waals surface area contributed by atoms with Gasteiger partial charge in [0.15, 0.2) is 0 Å². The van der Waals surface area contributed by atoms with Crippen molar-refractivity contribution in [3.05, 3.63) is 83.2 Å². The number of rotatable bonds is 8. The monoisotopic (exact) mass is 494 g/mol. The lowest BCUT2D eigenvalue weighted by molar-refractivity contribution is 0.0739. The van der Waals surface area contributed by atoms with Crippen molar-refractivity contribution in [1.82, 2.24) is 14.2 Å². The third-order valence-electron chi connectivity index (χ3n) is 6.20. The van der Waals surface area contributed by atoms with Gasteiger partial charge in [0, 0.05) is 51.6 Å². The van der Waals surface area contributed by atoms with E-state index in [0.29, 0.717) is 18.8 Å². The highest BCUT2D eigenvalue weighted by atomic mass is 32.2. The third kappa shape index (κ3) is 5.31. The second kappa shape index (κ2) is 10.1. The van der Waals surface area contributed by atoms with Crippen LogP contribution in [0.25, 0.3) is 0 Å². The summed E-state index contributed by atoms with van der Waals surface area (Å²) in [5, 5.41) is 3.29. The summed E-state index contributed by atoms with van der Waals surface area (Å²) >= 11 is 0. The van der Waals surface area contributed by atoms with Crippen LogP contribution in [0.15, 0.2) is 65.7 Å². The molecule has 0 unspecified atom stereocenters. The van der Waals surface area contributed by atoms with Crippen LogP contribution in [0.1, 0.15) is 40.1 Å². The van der Waals surface area contributed by atoms with Crippen molar-refractivity contribution in [2.24, 2.45) is 0 Å². The minimum atomic E-state index is -3.75. The maximum Gasteiger partial charge on any atom is 0.254 e. The van der Waals surface area contributed by atoms with E-state index >= 15 is 0 Å². The topological polar surface area (TPSA) is 91.8 Å². The Balaban J connectivity index is 1.63. The number of hydrogen-bond donors (Lipinski definition) is 1. The molecule has 2 heterocycles. The second-order valence-corrected chi connectivity index (χ2v) is 10.9. The molecule has 35 heavy (non-hydrogen) atoms. The second-order valence-electron chi connectivity index (χ2n) is 8.77. The summed E-state index contributed by atoms with van der Waals surface area (Å²) in [6.07, 6.45) is 2.56. The summed E-state index contributed by atoms with van der Waals surface area (Å²) < 4.78 is 32.6. The van der Waals surface area contributed by atoms with Crippen molar-refractivity contribution in [3.63, 3.8) is 0 Å². The van der Waals surface area contributed by atoms with E-state index in [9.17, 15) is 13.2 Å². The molecule has 1 aliphatic rings. The molecule has 0 aliphatic carbocycles. The maximum atomic E-state index is 13.4. The molecule has 1 atom stereocenters. The van der Waals surface area contributed by atoms with Crippen LogP contribution >= 0.6 is 0 Å². The van der Waals surface area contributed by atoms with Crippen molar-refractivity contribution in [2.45, 2.75) is 30.8 Å². The van der Waals surface area contributed by atoms with Gasteiger partial charge in [0.2, 0.25) is 10.0 Å². The first-order valence-corrected chi connectivity index (χ1v) is 12.8. The van der Waals surface area contributed by atoms with Gasteiger partial charge >= 0.3 is 0 Å². The molecule has 0 saturated heterocycles. The van der Waals surface area contributed by atoms with Gasteiger partial charge < -0.3 is 15.0 Å². The number of carbonyl (C=O) groups excluding carboxylic acids is 1. The number of carbonyl (C=O) groups is 1. The average Bonchev–Trinajstić information content (AvgIpc) is 3.34. The van der Waals surface area contributed by atoms with Crippen molar-refractivity contribution in [3.8, 4) is 5.75 Å². The zero-order valence-electron chi connectivity index (χ0n) is 20.4. The van der Waals surface area contributed by atoms with Gasteiger partial charge in [0.05, 0.1) is 23.2 Å². The van der Waals surface area contributed by atoms with Crippen LogP contribution in [0.2, 0.25) is 0 Å². The summed E-state index contributed by atoms with van der Waals surface area (Å²) in [5.74, 6) is 0.613. The molecule has 1 amide bonds. The summed E-state index contributed by atoms with van der Waals surface area (Å²) in [5.41, 5.74) is 3.78. The Morgan fingerprint density at radius 2 is 1.91 bits per heavy atom. The first-order chi connectivity index (χ1) is 16.7. The Hall–Kier alpha value is -3.43. The lowest BCUT2D eigenvalue weighted by Gasteiger charge is -2.25. The molecule has 1 aliphatic heterocycles. The van der Waals surface area contributed by atoms with Crippen molar-refractivity contribution >= 4 is 21.6 Å². The van der Waals surface area contributed by atoms with Gasteiger partial charge in [0.1, 0.15) is 5.75 Å². The number of nitrogens with zero attached hydrogens (tertiary/aromatic N) is 3. The molecule has 1 N–H and O–H groups in total. The number of fused-ring (bicyclic) bond motifs is 1. The van der Waals surface area contributed by atoms with Gasteiger partial charge in [-0.25, -0.2) is 12.7 Å². The van der Waals surface area contributed by atoms with Crippen LogP contribution in [0.4, 0.5) is 5.69 Å². The van der Waals surface area contributed by atoms with Gasteiger partial charge in [0.25, 0.3) is 5.91 Å². The molecule has 4 rings (SSSR count). The highest BCUT2D eigenvalue weighted by Crippen LogP contribution is 2.28. The Bertz CT molecular complexity index is 1330. The van der Waals surface area contributed by atoms with Crippen LogP contribution in [-0.4, -0.2) is 56.3 Å². The summed E-state index contributed by atoms with van der Waals surface area (Å²) in [7, 11) is 0.880. The smallest absolute Gasteiger partial charge is 0.254 e. The van der Waals surface area contributed by atoms with E-state index in [1.807, 2.05) is 37.3 Å². The van der Waals surface area contributed by atoms with Gasteiger partial charge in [-0.15, -0.1) is 0 Å². The molecule has 3 aromatic rings. The number of benzene rings is 2. The van der Waals surface area contributed by atoms with E-state index in [1.54, 1.807) is 30.3 Å². The number of aromatic nitrogens is 1. The lowest BCUT2D eigenvalue weighted by Crippen LogP contribution is -2.30. The molecule has 0 spiro atoms. The highest BCUT2D eigenvalue weighted by molar-refractivity contribution is 7.89. The molecule has 1 aromatic heterocycles. The SMILES string of the molecule is C[C@@H](c1ccccn1)N(C)C(=O)c1cc(NCc2ccc3c(c2)CCO3)cc(S(=O)(=O)N(C)C)c1. The first-order valence-electron chi connectivity index (χ1n) is 11.4. The van der Waals surface area contributed by atoms with E-state index in [1.165, 1.54) is 20.2 Å². The zero-order valence-corrected chi connectivity index (χ0v) is 21.2. The molecule has 184 valence electrons. The normalized spacial score (nSPS) is 13.7. The number of anilines is 1. The van der Waals surface area contributed by atoms with Crippen LogP contribution in [0.3, 0.4) is 0 Å². The minimum Gasteiger partial charge on any atom is -0.493 e. The Morgan fingerprint density at radius 3 is 2.63 bits per heavy atom. The van der Waals surface area contributed by atoms with E-state index < -0.39 is 10.0 Å². The molecular weight excluding hydrogens is 464 g/mol. The van der Waals surface area contributed by atoms with Crippen LogP contribution in [0, 0.1) is 0 Å². The molecular formula is C26H30N4O4S. The molecule has 8 nitrogen and oxygen atoms in total. The number of sulfonamides is 1. The standard InChI is InChI=1S/C26H30N4O4S/c1-18(24-7-5-6-11-27-24)30(4)26(31)21-14-22(16-23(15-21)35(32,33)29(2)3)28-17-19-8-9-25-20(13-19)10-12-34-25/h5-9,11,13-16,18,28H,10,12,17H2,1-4H3/t18-/m0/s1. The van der Waals surface area contributed by atoms with E-state index in [-0.39, 0.29) is 22.4 Å². The number of ether oxygens (including phenoxy) is 1. The quantitative estimate of drug-likeness (QED) is 0.513. The fourth-order valence-corrected chi connectivity index (χ4v) is 4.91. The zero-order chi connectivity index (χ0) is 25.2. The average molecular weight is 495 g/mol. The Kier molecular flexibility index (Phi) is 7.09. The van der Waals surface area contributed by atoms with Crippen LogP contribution in [0.5, 0.6) is 5.75 Å². The fourth-order valence-electron chi connectivity index (χ4n) is 3.94. The van der Waals surface area contributed by atoms with E-state index in [2.05, 4.69) is 16.4 Å². The van der Waals surface area contributed by atoms with E-state index in [4.69, 9.17) is 4.74 Å². The fraction of sp³-hybridized carbons (Fsp3) is 0.308. The van der Waals surface area contributed by atoms with Crippen molar-refractivity contribution in [1.29, 1.82) is 0 Å². The molecule has 0 saturated carbocycles. The molecule has 2 aromatic carbocycles. The summed E-state index contributed by atoms with van der Waals surface area (Å²) in [4.78, 5) is 19.4. The summed E-state index contributed by atoms with van der Waals surface area (Å²) in [6.45, 7) is 3.05. The molecule has 9 heteroatoms. The third-order valence-corrected chi connectivity index (χ3v) is 7.99. The van der Waals surface area contributed by atoms with Crippen LogP contribution < -0.4 is 10.1 Å². The molecule has 0 radical (unpaired) electrons. The predicted molar refractivity (Wildman–Crippen MR) is 135 cm³/mol. The summed E-state index contributed by atoms with van der Waals surface area (Å²) in [6, 6.07) is 16.0. The lowest BCUT2D eigenvalue weighted by atomic mass is 10.1. The molecule has 0 bridgehead atoms. The maximum absolute atomic E-state index is 13.4. The Morgan fingerprint density at radius 1 is 1.11 bits per heavy atom. The number of amides is 1. The van der Waals surface area contributed by atoms with Gasteiger partial charge in [-0.2, -0.15) is 0 Å². The predicted octanol–water partition coefficient (Wildman–Crippen LogP) is 3.71. The van der Waals surface area contributed by atoms with Crippen molar-refractivity contribution in [2.75, 3.05) is 33.1 Å². The molecule has 0 fully saturated rings. The minimum absolute atomic E-state index is 0.0529.